The molecule has 0 amide bonds. The molecule has 0 unspecified atom stereocenters. The lowest BCUT2D eigenvalue weighted by Gasteiger charge is -2.05. The van der Waals surface area contributed by atoms with E-state index in [0.29, 0.717) is 29.0 Å². The van der Waals surface area contributed by atoms with Gasteiger partial charge in [-0.25, -0.2) is 4.98 Å². The van der Waals surface area contributed by atoms with Crippen molar-refractivity contribution >= 4 is 33.3 Å². The van der Waals surface area contributed by atoms with Crippen molar-refractivity contribution in [3.8, 4) is 23.6 Å². The van der Waals surface area contributed by atoms with E-state index in [1.165, 1.54) is 0 Å². The maximum Gasteiger partial charge on any atom is 0.132 e. The molecule has 0 radical (unpaired) electrons. The molecule has 2 N–H and O–H groups in total. The van der Waals surface area contributed by atoms with Crippen LogP contribution in [0.15, 0.2) is 22.7 Å². The summed E-state index contributed by atoms with van der Waals surface area (Å²) in [6.07, 6.45) is 7.72. The van der Waals surface area contributed by atoms with E-state index in [1.54, 1.807) is 0 Å². The summed E-state index contributed by atoms with van der Waals surface area (Å²) in [7, 11) is 0. The number of anilines is 1. The first kappa shape index (κ1) is 13.5. The fraction of sp³-hybridized carbons (Fsp3) is 0.267. The van der Waals surface area contributed by atoms with Gasteiger partial charge in [0.1, 0.15) is 17.3 Å². The second-order valence-electron chi connectivity index (χ2n) is 4.89. The highest BCUT2D eigenvalue weighted by Gasteiger charge is 2.31. The number of aromatic nitrogens is 2. The van der Waals surface area contributed by atoms with Crippen molar-refractivity contribution in [3.05, 3.63) is 33.5 Å². The van der Waals surface area contributed by atoms with E-state index in [9.17, 15) is 0 Å². The first-order valence-electron chi connectivity index (χ1n) is 6.36. The third-order valence-electron chi connectivity index (χ3n) is 3.41. The largest absolute Gasteiger partial charge is 0.383 e. The van der Waals surface area contributed by atoms with Crippen LogP contribution < -0.4 is 5.73 Å². The number of nitrogen functional groups attached to an aromatic ring is 1. The minimum atomic E-state index is 0.441. The number of rotatable bonds is 3. The van der Waals surface area contributed by atoms with E-state index < -0.39 is 0 Å². The van der Waals surface area contributed by atoms with Crippen molar-refractivity contribution in [1.82, 2.24) is 9.55 Å². The summed E-state index contributed by atoms with van der Waals surface area (Å²) < 4.78 is 2.86. The summed E-state index contributed by atoms with van der Waals surface area (Å²) >= 11 is 9.72. The number of hydrogen-bond donors (Lipinski definition) is 1. The minimum Gasteiger partial charge on any atom is -0.383 e. The molecule has 3 nitrogen and oxygen atoms in total. The molecule has 102 valence electrons. The quantitative estimate of drug-likeness (QED) is 0.848. The molecule has 1 aromatic heterocycles. The summed E-state index contributed by atoms with van der Waals surface area (Å²) in [6.45, 7) is 0.441. The Bertz CT molecular complexity index is 711. The van der Waals surface area contributed by atoms with Crippen LogP contribution in [0.25, 0.3) is 11.3 Å². The average molecular weight is 351 g/mol. The number of nitrogens with two attached hydrogens (primary N) is 1. The molecule has 0 spiro atoms. The van der Waals surface area contributed by atoms with Crippen molar-refractivity contribution in [2.45, 2.75) is 25.3 Å². The van der Waals surface area contributed by atoms with Gasteiger partial charge in [0.2, 0.25) is 0 Å². The Hall–Kier alpha value is -1.44. The molecule has 5 heteroatoms. The van der Waals surface area contributed by atoms with Crippen LogP contribution in [0.4, 0.5) is 5.82 Å². The molecule has 0 bridgehead atoms. The fourth-order valence-electron chi connectivity index (χ4n) is 2.27. The molecule has 3 rings (SSSR count). The van der Waals surface area contributed by atoms with E-state index in [-0.39, 0.29) is 0 Å². The molecule has 1 saturated carbocycles. The van der Waals surface area contributed by atoms with Crippen molar-refractivity contribution in [1.29, 1.82) is 0 Å². The maximum atomic E-state index is 6.27. The number of halogens is 2. The fourth-order valence-corrected chi connectivity index (χ4v) is 2.84. The van der Waals surface area contributed by atoms with E-state index >= 15 is 0 Å². The smallest absolute Gasteiger partial charge is 0.132 e. The van der Waals surface area contributed by atoms with E-state index in [1.807, 2.05) is 22.8 Å². The van der Waals surface area contributed by atoms with Gasteiger partial charge in [0.05, 0.1) is 11.6 Å². The van der Waals surface area contributed by atoms with Crippen molar-refractivity contribution in [2.24, 2.45) is 0 Å². The molecular formula is C15H13BrClN3. The van der Waals surface area contributed by atoms with Crippen LogP contribution in [-0.2, 0) is 6.54 Å². The number of imidazole rings is 1. The van der Waals surface area contributed by atoms with Gasteiger partial charge in [0, 0.05) is 16.0 Å². The molecule has 1 aliphatic rings. The highest BCUT2D eigenvalue weighted by molar-refractivity contribution is 9.10. The van der Waals surface area contributed by atoms with Gasteiger partial charge in [0.15, 0.2) is 0 Å². The van der Waals surface area contributed by atoms with Crippen LogP contribution in [0, 0.1) is 12.3 Å². The summed E-state index contributed by atoms with van der Waals surface area (Å²) in [5, 5.41) is 0.632. The van der Waals surface area contributed by atoms with Crippen LogP contribution in [0.3, 0.4) is 0 Å². The Labute approximate surface area is 131 Å². The predicted octanol–water partition coefficient (Wildman–Crippen LogP) is 4.06. The van der Waals surface area contributed by atoms with E-state index in [4.69, 9.17) is 28.7 Å². The van der Waals surface area contributed by atoms with Gasteiger partial charge in [-0.05, 0) is 31.0 Å². The van der Waals surface area contributed by atoms with Crippen LogP contribution in [0.2, 0.25) is 5.02 Å². The average Bonchev–Trinajstić information content (AvgIpc) is 3.21. The summed E-state index contributed by atoms with van der Waals surface area (Å²) in [5.41, 5.74) is 7.78. The Morgan fingerprint density at radius 2 is 2.25 bits per heavy atom. The summed E-state index contributed by atoms with van der Waals surface area (Å²) in [5.74, 6) is 4.68. The molecule has 1 fully saturated rings. The zero-order chi connectivity index (χ0) is 14.3. The van der Waals surface area contributed by atoms with Crippen molar-refractivity contribution in [3.63, 3.8) is 0 Å². The lowest BCUT2D eigenvalue weighted by Crippen LogP contribution is -2.05. The molecule has 0 saturated heterocycles. The Morgan fingerprint density at radius 3 is 2.90 bits per heavy atom. The molecule has 1 aliphatic carbocycles. The molecule has 1 heterocycles. The monoisotopic (exact) mass is 349 g/mol. The Balaban J connectivity index is 2.16. The van der Waals surface area contributed by atoms with E-state index in [2.05, 4.69) is 21.9 Å². The number of terminal acetylenes is 1. The zero-order valence-corrected chi connectivity index (χ0v) is 13.1. The van der Waals surface area contributed by atoms with Gasteiger partial charge < -0.3 is 10.3 Å². The summed E-state index contributed by atoms with van der Waals surface area (Å²) in [4.78, 5) is 4.70. The minimum absolute atomic E-state index is 0.441. The van der Waals surface area contributed by atoms with Gasteiger partial charge in [-0.2, -0.15) is 0 Å². The number of hydrogen-bond acceptors (Lipinski definition) is 2. The SMILES string of the molecule is C#CCn1c(C2CC2)nc(-c2cc(Br)ccc2Cl)c1N. The highest BCUT2D eigenvalue weighted by atomic mass is 79.9. The first-order chi connectivity index (χ1) is 9.61. The lowest BCUT2D eigenvalue weighted by atomic mass is 10.1. The van der Waals surface area contributed by atoms with Gasteiger partial charge in [-0.1, -0.05) is 33.5 Å². The van der Waals surface area contributed by atoms with Crippen molar-refractivity contribution < 1.29 is 0 Å². The molecule has 2 aromatic rings. The number of benzene rings is 1. The third-order valence-corrected chi connectivity index (χ3v) is 4.23. The first-order valence-corrected chi connectivity index (χ1v) is 7.53. The van der Waals surface area contributed by atoms with Crippen LogP contribution in [0.5, 0.6) is 0 Å². The van der Waals surface area contributed by atoms with Crippen LogP contribution in [0.1, 0.15) is 24.6 Å². The topological polar surface area (TPSA) is 43.8 Å². The highest BCUT2D eigenvalue weighted by Crippen LogP contribution is 2.43. The van der Waals surface area contributed by atoms with Crippen LogP contribution >= 0.6 is 27.5 Å². The van der Waals surface area contributed by atoms with Crippen LogP contribution in [-0.4, -0.2) is 9.55 Å². The maximum absolute atomic E-state index is 6.27. The molecule has 20 heavy (non-hydrogen) atoms. The predicted molar refractivity (Wildman–Crippen MR) is 85.6 cm³/mol. The van der Waals surface area contributed by atoms with E-state index in [0.717, 1.165) is 28.7 Å². The second-order valence-corrected chi connectivity index (χ2v) is 6.22. The van der Waals surface area contributed by atoms with Gasteiger partial charge in [-0.3, -0.25) is 0 Å². The number of nitrogens with zero attached hydrogens (tertiary/aromatic N) is 2. The van der Waals surface area contributed by atoms with Gasteiger partial charge >= 0.3 is 0 Å². The Morgan fingerprint density at radius 1 is 1.50 bits per heavy atom. The van der Waals surface area contributed by atoms with Crippen molar-refractivity contribution in [2.75, 3.05) is 5.73 Å². The van der Waals surface area contributed by atoms with Gasteiger partial charge in [-0.15, -0.1) is 6.42 Å². The molecule has 0 atom stereocenters. The molecular weight excluding hydrogens is 338 g/mol. The molecule has 0 aliphatic heterocycles. The third kappa shape index (κ3) is 2.32. The lowest BCUT2D eigenvalue weighted by molar-refractivity contribution is 0.762. The standard InChI is InChI=1S/C15H13BrClN3/c1-2-7-20-14(18)13(19-15(20)9-3-4-9)11-8-10(16)5-6-12(11)17/h1,5-6,8-9H,3-4,7,18H2. The summed E-state index contributed by atoms with van der Waals surface area (Å²) in [6, 6.07) is 5.65. The normalized spacial score (nSPS) is 14.2. The zero-order valence-electron chi connectivity index (χ0n) is 10.7. The van der Waals surface area contributed by atoms with Gasteiger partial charge in [0.25, 0.3) is 0 Å². The second kappa shape index (κ2) is 5.16. The Kier molecular flexibility index (Phi) is 3.49. The molecule has 1 aromatic carbocycles.